The third-order valence-electron chi connectivity index (χ3n) is 3.04. The molecule has 2 aromatic heterocycles. The topological polar surface area (TPSA) is 50.5 Å². The number of aromatic nitrogens is 3. The molecule has 5 nitrogen and oxygen atoms in total. The van der Waals surface area contributed by atoms with Crippen LogP contribution in [0.4, 0.5) is 0 Å². The van der Waals surface area contributed by atoms with E-state index in [1.54, 1.807) is 29.0 Å². The average Bonchev–Trinajstić information content (AvgIpc) is 2.70. The number of carbonyl (C=O) groups is 1. The van der Waals surface area contributed by atoms with E-state index in [-0.39, 0.29) is 5.91 Å². The van der Waals surface area contributed by atoms with Crippen molar-refractivity contribution in [2.75, 3.05) is 6.54 Å². The van der Waals surface area contributed by atoms with Gasteiger partial charge in [-0.3, -0.25) is 4.79 Å². The zero-order valence-corrected chi connectivity index (χ0v) is 9.00. The first kappa shape index (κ1) is 9.33. The van der Waals surface area contributed by atoms with Crippen molar-refractivity contribution < 1.29 is 4.79 Å². The first-order valence-corrected chi connectivity index (χ1v) is 5.37. The number of amides is 1. The molecule has 1 atom stereocenters. The van der Waals surface area contributed by atoms with E-state index in [9.17, 15) is 4.79 Å². The van der Waals surface area contributed by atoms with Crippen LogP contribution in [0.25, 0.3) is 5.65 Å². The summed E-state index contributed by atoms with van der Waals surface area (Å²) in [6.07, 6.45) is 4.56. The molecule has 1 fully saturated rings. The normalized spacial score (nSPS) is 19.8. The van der Waals surface area contributed by atoms with Crippen molar-refractivity contribution in [1.82, 2.24) is 19.5 Å². The van der Waals surface area contributed by atoms with Crippen molar-refractivity contribution in [3.05, 3.63) is 30.2 Å². The third kappa shape index (κ3) is 1.28. The molecule has 0 aromatic carbocycles. The van der Waals surface area contributed by atoms with Crippen LogP contribution in [0.1, 0.15) is 23.8 Å². The fraction of sp³-hybridized carbons (Fsp3) is 0.364. The van der Waals surface area contributed by atoms with Crippen LogP contribution in [0.3, 0.4) is 0 Å². The van der Waals surface area contributed by atoms with Gasteiger partial charge in [0.25, 0.3) is 5.91 Å². The minimum atomic E-state index is 0.00394. The Kier molecular flexibility index (Phi) is 1.92. The van der Waals surface area contributed by atoms with Gasteiger partial charge < -0.3 is 4.90 Å². The molecule has 3 rings (SSSR count). The number of nitrogens with zero attached hydrogens (tertiary/aromatic N) is 4. The van der Waals surface area contributed by atoms with Gasteiger partial charge in [0, 0.05) is 31.0 Å². The van der Waals surface area contributed by atoms with Crippen molar-refractivity contribution in [3.63, 3.8) is 0 Å². The Morgan fingerprint density at radius 2 is 2.44 bits per heavy atom. The minimum absolute atomic E-state index is 0.00394. The summed E-state index contributed by atoms with van der Waals surface area (Å²) in [6, 6.07) is 3.86. The van der Waals surface area contributed by atoms with Crippen molar-refractivity contribution in [2.24, 2.45) is 0 Å². The number of rotatable bonds is 1. The van der Waals surface area contributed by atoms with Crippen LogP contribution in [-0.2, 0) is 0 Å². The molecule has 5 heteroatoms. The van der Waals surface area contributed by atoms with Crippen LogP contribution in [0.15, 0.2) is 24.5 Å². The molecular weight excluding hydrogens is 204 g/mol. The first-order chi connectivity index (χ1) is 7.75. The summed E-state index contributed by atoms with van der Waals surface area (Å²) in [7, 11) is 0. The lowest BCUT2D eigenvalue weighted by Gasteiger charge is -2.38. The summed E-state index contributed by atoms with van der Waals surface area (Å²) in [5.41, 5.74) is 1.18. The van der Waals surface area contributed by atoms with E-state index in [1.807, 2.05) is 4.90 Å². The second kappa shape index (κ2) is 3.30. The van der Waals surface area contributed by atoms with Gasteiger partial charge in [0.1, 0.15) is 0 Å². The predicted molar refractivity (Wildman–Crippen MR) is 58.1 cm³/mol. The van der Waals surface area contributed by atoms with Crippen molar-refractivity contribution in [1.29, 1.82) is 0 Å². The third-order valence-corrected chi connectivity index (χ3v) is 3.04. The standard InChI is InChI=1S/C11H12N4O/c1-8-3-6-14(8)11(16)9-7-10-12-4-2-5-15(10)13-9/h2,4-5,7-8H,3,6H2,1H3. The smallest absolute Gasteiger partial charge is 0.274 e. The molecule has 0 spiro atoms. The van der Waals surface area contributed by atoms with Gasteiger partial charge in [0.15, 0.2) is 11.3 Å². The number of carbonyl (C=O) groups excluding carboxylic acids is 1. The van der Waals surface area contributed by atoms with Gasteiger partial charge in [-0.2, -0.15) is 5.10 Å². The molecule has 0 N–H and O–H groups in total. The fourth-order valence-corrected chi connectivity index (χ4v) is 1.90. The van der Waals surface area contributed by atoms with E-state index in [0.717, 1.165) is 13.0 Å². The Balaban J connectivity index is 1.96. The van der Waals surface area contributed by atoms with Crippen LogP contribution in [0, 0.1) is 0 Å². The molecule has 1 aliphatic heterocycles. The highest BCUT2D eigenvalue weighted by atomic mass is 16.2. The SMILES string of the molecule is CC1CCN1C(=O)c1cc2ncccn2n1. The lowest BCUT2D eigenvalue weighted by molar-refractivity contribution is 0.0495. The summed E-state index contributed by atoms with van der Waals surface area (Å²) >= 11 is 0. The highest BCUT2D eigenvalue weighted by Crippen LogP contribution is 2.19. The van der Waals surface area contributed by atoms with Gasteiger partial charge in [-0.1, -0.05) is 0 Å². The summed E-state index contributed by atoms with van der Waals surface area (Å²) in [5.74, 6) is 0.00394. The average molecular weight is 216 g/mol. The highest BCUT2D eigenvalue weighted by molar-refractivity contribution is 5.94. The molecule has 1 unspecified atom stereocenters. The van der Waals surface area contributed by atoms with Gasteiger partial charge >= 0.3 is 0 Å². The van der Waals surface area contributed by atoms with Crippen molar-refractivity contribution in [3.8, 4) is 0 Å². The Morgan fingerprint density at radius 1 is 1.56 bits per heavy atom. The zero-order valence-electron chi connectivity index (χ0n) is 9.00. The van der Waals surface area contributed by atoms with Gasteiger partial charge in [-0.25, -0.2) is 9.50 Å². The number of hydrogen-bond donors (Lipinski definition) is 0. The van der Waals surface area contributed by atoms with Crippen molar-refractivity contribution >= 4 is 11.6 Å². The van der Waals surface area contributed by atoms with Gasteiger partial charge in [0.2, 0.25) is 0 Å². The highest BCUT2D eigenvalue weighted by Gasteiger charge is 2.30. The number of fused-ring (bicyclic) bond motifs is 1. The summed E-state index contributed by atoms with van der Waals surface area (Å²) in [6.45, 7) is 2.89. The molecule has 82 valence electrons. The molecule has 2 aromatic rings. The molecule has 1 saturated heterocycles. The van der Waals surface area contributed by atoms with Gasteiger partial charge in [0.05, 0.1) is 0 Å². The molecule has 16 heavy (non-hydrogen) atoms. The lowest BCUT2D eigenvalue weighted by atomic mass is 10.1. The van der Waals surface area contributed by atoms with E-state index in [4.69, 9.17) is 0 Å². The Labute approximate surface area is 92.7 Å². The van der Waals surface area contributed by atoms with Crippen LogP contribution < -0.4 is 0 Å². The molecule has 0 bridgehead atoms. The van der Waals surface area contributed by atoms with Crippen molar-refractivity contribution in [2.45, 2.75) is 19.4 Å². The number of hydrogen-bond acceptors (Lipinski definition) is 3. The van der Waals surface area contributed by atoms with E-state index < -0.39 is 0 Å². The van der Waals surface area contributed by atoms with Gasteiger partial charge in [-0.15, -0.1) is 0 Å². The van der Waals surface area contributed by atoms with Gasteiger partial charge in [-0.05, 0) is 19.4 Å². The quantitative estimate of drug-likeness (QED) is 0.713. The molecular formula is C11H12N4O. The summed E-state index contributed by atoms with van der Waals surface area (Å²) in [5, 5.41) is 4.21. The Hall–Kier alpha value is -1.91. The summed E-state index contributed by atoms with van der Waals surface area (Å²) < 4.78 is 1.62. The van der Waals surface area contributed by atoms with Crippen LogP contribution >= 0.6 is 0 Å². The van der Waals surface area contributed by atoms with Crippen LogP contribution in [0.2, 0.25) is 0 Å². The monoisotopic (exact) mass is 216 g/mol. The second-order valence-electron chi connectivity index (χ2n) is 4.09. The molecule has 0 saturated carbocycles. The lowest BCUT2D eigenvalue weighted by Crippen LogP contribution is -2.49. The summed E-state index contributed by atoms with van der Waals surface area (Å²) in [4.78, 5) is 18.0. The van der Waals surface area contributed by atoms with Crippen LogP contribution in [0.5, 0.6) is 0 Å². The second-order valence-corrected chi connectivity index (χ2v) is 4.09. The van der Waals surface area contributed by atoms with E-state index in [2.05, 4.69) is 17.0 Å². The first-order valence-electron chi connectivity index (χ1n) is 5.37. The largest absolute Gasteiger partial charge is 0.334 e. The van der Waals surface area contributed by atoms with E-state index in [1.165, 1.54) is 0 Å². The maximum atomic E-state index is 12.0. The fourth-order valence-electron chi connectivity index (χ4n) is 1.90. The van der Waals surface area contributed by atoms with E-state index >= 15 is 0 Å². The molecule has 1 aliphatic rings. The molecule has 0 radical (unpaired) electrons. The predicted octanol–water partition coefficient (Wildman–Crippen LogP) is 0.964. The van der Waals surface area contributed by atoms with Crippen LogP contribution in [-0.4, -0.2) is 38.0 Å². The maximum Gasteiger partial charge on any atom is 0.274 e. The van der Waals surface area contributed by atoms with E-state index in [0.29, 0.717) is 17.4 Å². The minimum Gasteiger partial charge on any atom is -0.334 e. The molecule has 0 aliphatic carbocycles. The molecule has 3 heterocycles. The molecule has 1 amide bonds. The Morgan fingerprint density at radius 3 is 3.06 bits per heavy atom. The Bertz CT molecular complexity index is 515. The number of likely N-dealkylation sites (tertiary alicyclic amines) is 1. The maximum absolute atomic E-state index is 12.0. The zero-order chi connectivity index (χ0) is 11.1.